The summed E-state index contributed by atoms with van der Waals surface area (Å²) in [5, 5.41) is 4.08. The summed E-state index contributed by atoms with van der Waals surface area (Å²) in [6.45, 7) is 0.718. The number of hydrogen-bond donors (Lipinski definition) is 1. The lowest BCUT2D eigenvalue weighted by Crippen LogP contribution is -2.31. The minimum Gasteiger partial charge on any atom is -0.309 e. The van der Waals surface area contributed by atoms with Crippen LogP contribution >= 0.6 is 23.2 Å². The quantitative estimate of drug-likeness (QED) is 0.750. The second kappa shape index (κ2) is 5.85. The lowest BCUT2D eigenvalue weighted by atomic mass is 9.95. The highest BCUT2D eigenvalue weighted by atomic mass is 35.5. The monoisotopic (exact) mass is 207 g/mol. The van der Waals surface area contributed by atoms with Crippen LogP contribution < -0.4 is 5.32 Å². The van der Waals surface area contributed by atoms with E-state index in [0.717, 1.165) is 6.54 Å². The first-order valence-electron chi connectivity index (χ1n) is 4.51. The maximum atomic E-state index is 5.75. The van der Waals surface area contributed by atoms with E-state index in [0.29, 0.717) is 11.1 Å². The topological polar surface area (TPSA) is 12.0 Å². The lowest BCUT2D eigenvalue weighted by molar-refractivity contribution is 0.384. The zero-order valence-electron chi connectivity index (χ0n) is 7.15. The van der Waals surface area contributed by atoms with Gasteiger partial charge in [-0.15, -0.1) is 0 Å². The van der Waals surface area contributed by atoms with Crippen LogP contribution in [-0.2, 0) is 0 Å². The van der Waals surface area contributed by atoms with Crippen molar-refractivity contribution in [2.24, 2.45) is 0 Å². The molecule has 0 bridgehead atoms. The van der Waals surface area contributed by atoms with Gasteiger partial charge >= 0.3 is 0 Å². The second-order valence-corrected chi connectivity index (χ2v) is 3.98. The van der Waals surface area contributed by atoms with E-state index in [4.69, 9.17) is 23.2 Å². The molecule has 12 heavy (non-hydrogen) atoms. The second-order valence-electron chi connectivity index (χ2n) is 3.27. The summed E-state index contributed by atoms with van der Waals surface area (Å²) in [6.07, 6.45) is 6.65. The van der Waals surface area contributed by atoms with E-state index in [1.807, 2.05) is 0 Å². The van der Waals surface area contributed by atoms with Gasteiger partial charge in [0.2, 0.25) is 0 Å². The van der Waals surface area contributed by atoms with Crippen molar-refractivity contribution in [3.05, 3.63) is 10.6 Å². The fourth-order valence-electron chi connectivity index (χ4n) is 1.59. The molecular weight excluding hydrogens is 193 g/mol. The van der Waals surface area contributed by atoms with Crippen molar-refractivity contribution in [3.8, 4) is 0 Å². The molecule has 1 aliphatic carbocycles. The number of rotatable bonds is 3. The fourth-order valence-corrected chi connectivity index (χ4v) is 1.74. The molecule has 1 fully saturated rings. The van der Waals surface area contributed by atoms with Crippen LogP contribution in [0.2, 0.25) is 0 Å². The summed E-state index contributed by atoms with van der Waals surface area (Å²) in [6, 6.07) is 0.657. The number of halogens is 2. The predicted molar refractivity (Wildman–Crippen MR) is 54.7 cm³/mol. The molecular formula is C9H15Cl2N. The molecule has 1 saturated carbocycles. The van der Waals surface area contributed by atoms with Gasteiger partial charge in [0.25, 0.3) is 0 Å². The number of nitrogens with one attached hydrogen (secondary N) is 1. The van der Waals surface area contributed by atoms with Crippen molar-refractivity contribution in [2.75, 3.05) is 6.54 Å². The van der Waals surface area contributed by atoms with Crippen molar-refractivity contribution in [3.63, 3.8) is 0 Å². The Bertz CT molecular complexity index is 151. The standard InChI is InChI=1S/C9H15Cl2N/c10-6-8(11)7-12-9-4-2-1-3-5-9/h6,9,12H,1-5,7H2. The smallest absolute Gasteiger partial charge is 0.0431 e. The molecule has 0 unspecified atom stereocenters. The van der Waals surface area contributed by atoms with Gasteiger partial charge in [0.15, 0.2) is 0 Å². The molecule has 0 spiro atoms. The van der Waals surface area contributed by atoms with Crippen LogP contribution in [0.4, 0.5) is 0 Å². The van der Waals surface area contributed by atoms with E-state index >= 15 is 0 Å². The minimum absolute atomic E-state index is 0.657. The van der Waals surface area contributed by atoms with Gasteiger partial charge in [-0.05, 0) is 12.8 Å². The zero-order chi connectivity index (χ0) is 8.81. The Labute approximate surface area is 84.1 Å². The summed E-state index contributed by atoms with van der Waals surface area (Å²) in [7, 11) is 0. The molecule has 0 saturated heterocycles. The first kappa shape index (κ1) is 10.4. The third-order valence-corrected chi connectivity index (χ3v) is 2.90. The molecule has 70 valence electrons. The van der Waals surface area contributed by atoms with Crippen LogP contribution in [0.5, 0.6) is 0 Å². The average molecular weight is 208 g/mol. The molecule has 3 heteroatoms. The van der Waals surface area contributed by atoms with Crippen LogP contribution in [0.15, 0.2) is 10.6 Å². The summed E-state index contributed by atoms with van der Waals surface area (Å²) >= 11 is 11.2. The van der Waals surface area contributed by atoms with Gasteiger partial charge in [-0.3, -0.25) is 0 Å². The maximum Gasteiger partial charge on any atom is 0.0431 e. The van der Waals surface area contributed by atoms with Crippen molar-refractivity contribution in [1.82, 2.24) is 5.32 Å². The van der Waals surface area contributed by atoms with E-state index in [9.17, 15) is 0 Å². The van der Waals surface area contributed by atoms with Crippen LogP contribution in [0, 0.1) is 0 Å². The molecule has 1 nitrogen and oxygen atoms in total. The Balaban J connectivity index is 2.13. The molecule has 0 heterocycles. The third-order valence-electron chi connectivity index (χ3n) is 2.28. The van der Waals surface area contributed by atoms with E-state index in [2.05, 4.69) is 5.32 Å². The van der Waals surface area contributed by atoms with E-state index in [1.165, 1.54) is 37.6 Å². The van der Waals surface area contributed by atoms with E-state index < -0.39 is 0 Å². The molecule has 1 rings (SSSR count). The average Bonchev–Trinajstić information content (AvgIpc) is 2.16. The molecule has 1 aliphatic rings. The van der Waals surface area contributed by atoms with Crippen molar-refractivity contribution in [2.45, 2.75) is 38.1 Å². The Morgan fingerprint density at radius 2 is 2.00 bits per heavy atom. The maximum absolute atomic E-state index is 5.75. The summed E-state index contributed by atoms with van der Waals surface area (Å²) in [5.74, 6) is 0. The predicted octanol–water partition coefficient (Wildman–Crippen LogP) is 3.23. The van der Waals surface area contributed by atoms with Gasteiger partial charge in [0, 0.05) is 23.2 Å². The normalized spacial score (nSPS) is 21.3. The van der Waals surface area contributed by atoms with Crippen molar-refractivity contribution < 1.29 is 0 Å². The fraction of sp³-hybridized carbons (Fsp3) is 0.778. The van der Waals surface area contributed by atoms with Gasteiger partial charge in [0.1, 0.15) is 0 Å². The van der Waals surface area contributed by atoms with Gasteiger partial charge in [0.05, 0.1) is 0 Å². The van der Waals surface area contributed by atoms with E-state index in [-0.39, 0.29) is 0 Å². The van der Waals surface area contributed by atoms with Gasteiger partial charge in [-0.2, -0.15) is 0 Å². The molecule has 0 atom stereocenters. The Hall–Kier alpha value is 0.280. The van der Waals surface area contributed by atoms with Gasteiger partial charge in [-0.25, -0.2) is 0 Å². The van der Waals surface area contributed by atoms with Crippen LogP contribution in [0.3, 0.4) is 0 Å². The third kappa shape index (κ3) is 3.79. The van der Waals surface area contributed by atoms with Crippen LogP contribution in [0.1, 0.15) is 32.1 Å². The summed E-state index contributed by atoms with van der Waals surface area (Å²) < 4.78 is 0. The Kier molecular flexibility index (Phi) is 5.05. The molecule has 0 aromatic rings. The SMILES string of the molecule is ClC=C(Cl)CNC1CCCCC1. The van der Waals surface area contributed by atoms with E-state index in [1.54, 1.807) is 0 Å². The number of hydrogen-bond acceptors (Lipinski definition) is 1. The molecule has 0 aliphatic heterocycles. The first-order chi connectivity index (χ1) is 5.83. The Morgan fingerprint density at radius 3 is 2.58 bits per heavy atom. The zero-order valence-corrected chi connectivity index (χ0v) is 8.67. The van der Waals surface area contributed by atoms with Gasteiger partial charge in [-0.1, -0.05) is 42.5 Å². The molecule has 0 radical (unpaired) electrons. The van der Waals surface area contributed by atoms with Crippen LogP contribution in [0.25, 0.3) is 0 Å². The van der Waals surface area contributed by atoms with Crippen molar-refractivity contribution in [1.29, 1.82) is 0 Å². The van der Waals surface area contributed by atoms with Gasteiger partial charge < -0.3 is 5.32 Å². The minimum atomic E-state index is 0.657. The largest absolute Gasteiger partial charge is 0.309 e. The molecule has 1 N–H and O–H groups in total. The molecule has 0 aromatic carbocycles. The highest BCUT2D eigenvalue weighted by Gasteiger charge is 2.11. The summed E-state index contributed by atoms with van der Waals surface area (Å²) in [4.78, 5) is 0. The lowest BCUT2D eigenvalue weighted by Gasteiger charge is -2.22. The molecule has 0 amide bonds. The summed E-state index contributed by atoms with van der Waals surface area (Å²) in [5.41, 5.74) is 1.43. The first-order valence-corrected chi connectivity index (χ1v) is 5.32. The van der Waals surface area contributed by atoms with Crippen molar-refractivity contribution >= 4 is 23.2 Å². The Morgan fingerprint density at radius 1 is 1.33 bits per heavy atom. The van der Waals surface area contributed by atoms with Crippen LogP contribution in [-0.4, -0.2) is 12.6 Å². The highest BCUT2D eigenvalue weighted by molar-refractivity contribution is 6.36. The highest BCUT2D eigenvalue weighted by Crippen LogP contribution is 2.17. The molecule has 0 aromatic heterocycles.